The van der Waals surface area contributed by atoms with Crippen molar-refractivity contribution in [2.24, 2.45) is 0 Å². The van der Waals surface area contributed by atoms with Crippen molar-refractivity contribution in [2.45, 2.75) is 361 Å². The average molecular weight is 1260 g/mol. The Morgan fingerprint density at radius 1 is 0.282 bits per heavy atom. The maximum atomic E-state index is 13.0. The van der Waals surface area contributed by atoms with E-state index in [1.165, 1.54) is 161 Å². The molecule has 0 aromatic heterocycles. The summed E-state index contributed by atoms with van der Waals surface area (Å²) >= 11 is 0. The van der Waals surface area contributed by atoms with Crippen LogP contribution in [0.25, 0.3) is 0 Å². The Bertz CT molecular complexity index is 1640. The second-order valence-electron chi connectivity index (χ2n) is 23.9. The Kier molecular flexibility index (Phi) is 59.6. The van der Waals surface area contributed by atoms with Gasteiger partial charge >= 0.3 is 39.5 Å². The summed E-state index contributed by atoms with van der Waals surface area (Å²) in [5.41, 5.74) is 0. The summed E-state index contributed by atoms with van der Waals surface area (Å²) in [5, 5.41) is 10.5. The van der Waals surface area contributed by atoms with Crippen molar-refractivity contribution < 1.29 is 80.2 Å². The molecule has 0 aliphatic rings. The molecule has 0 rings (SSSR count). The normalized spacial score (nSPS) is 14.1. The van der Waals surface area contributed by atoms with Gasteiger partial charge in [-0.15, -0.1) is 0 Å². The van der Waals surface area contributed by atoms with Gasteiger partial charge in [-0.05, 0) is 25.7 Å². The number of hydrogen-bond acceptors (Lipinski definition) is 15. The van der Waals surface area contributed by atoms with Crippen LogP contribution in [-0.2, 0) is 65.4 Å². The van der Waals surface area contributed by atoms with Crippen LogP contribution in [-0.4, -0.2) is 96.7 Å². The summed E-state index contributed by atoms with van der Waals surface area (Å²) in [6, 6.07) is 0. The number of ether oxygens (including phenoxy) is 4. The molecule has 0 aromatic carbocycles. The zero-order chi connectivity index (χ0) is 62.6. The van der Waals surface area contributed by atoms with Crippen LogP contribution in [0, 0.1) is 0 Å². The van der Waals surface area contributed by atoms with E-state index >= 15 is 0 Å². The summed E-state index contributed by atoms with van der Waals surface area (Å²) in [7, 11) is -9.88. The van der Waals surface area contributed by atoms with Gasteiger partial charge in [0, 0.05) is 25.7 Å². The fourth-order valence-corrected chi connectivity index (χ4v) is 11.6. The Balaban J connectivity index is 5.11. The van der Waals surface area contributed by atoms with Gasteiger partial charge in [-0.25, -0.2) is 9.13 Å². The zero-order valence-electron chi connectivity index (χ0n) is 54.6. The van der Waals surface area contributed by atoms with Gasteiger partial charge in [-0.3, -0.25) is 37.3 Å². The van der Waals surface area contributed by atoms with Crippen LogP contribution in [0.15, 0.2) is 0 Å². The molecular weight excluding hydrogens is 1130 g/mol. The maximum absolute atomic E-state index is 13.0. The van der Waals surface area contributed by atoms with E-state index in [-0.39, 0.29) is 25.7 Å². The summed E-state index contributed by atoms with van der Waals surface area (Å²) in [5.74, 6) is -2.14. The number of aliphatic hydroxyl groups excluding tert-OH is 1. The van der Waals surface area contributed by atoms with E-state index in [0.29, 0.717) is 25.7 Å². The first-order chi connectivity index (χ1) is 41.2. The van der Waals surface area contributed by atoms with Gasteiger partial charge in [0.25, 0.3) is 0 Å². The molecule has 0 bridgehead atoms. The van der Waals surface area contributed by atoms with Crippen LogP contribution in [0.3, 0.4) is 0 Å². The van der Waals surface area contributed by atoms with E-state index in [9.17, 15) is 43.2 Å². The largest absolute Gasteiger partial charge is 0.472 e. The molecule has 0 fully saturated rings. The van der Waals surface area contributed by atoms with Crippen LogP contribution < -0.4 is 0 Å². The van der Waals surface area contributed by atoms with Gasteiger partial charge < -0.3 is 33.8 Å². The first kappa shape index (κ1) is 83.1. The predicted octanol–water partition coefficient (Wildman–Crippen LogP) is 18.7. The molecule has 504 valence electrons. The molecule has 2 unspecified atom stereocenters. The van der Waals surface area contributed by atoms with Crippen LogP contribution in [0.5, 0.6) is 0 Å². The molecule has 0 amide bonds. The number of esters is 4. The van der Waals surface area contributed by atoms with Crippen molar-refractivity contribution in [2.75, 3.05) is 39.6 Å². The van der Waals surface area contributed by atoms with Gasteiger partial charge in [-0.1, -0.05) is 291 Å². The van der Waals surface area contributed by atoms with E-state index < -0.39 is 97.5 Å². The summed E-state index contributed by atoms with van der Waals surface area (Å²) in [6.07, 6.45) is 47.7. The van der Waals surface area contributed by atoms with Crippen molar-refractivity contribution in [3.05, 3.63) is 0 Å². The molecule has 0 heterocycles. The highest BCUT2D eigenvalue weighted by Gasteiger charge is 2.30. The zero-order valence-corrected chi connectivity index (χ0v) is 56.4. The second kappa shape index (κ2) is 60.9. The van der Waals surface area contributed by atoms with E-state index in [1.807, 2.05) is 0 Å². The Labute approximate surface area is 517 Å². The van der Waals surface area contributed by atoms with E-state index in [1.54, 1.807) is 0 Å². The van der Waals surface area contributed by atoms with Gasteiger partial charge in [0.15, 0.2) is 12.2 Å². The minimum atomic E-state index is -4.94. The van der Waals surface area contributed by atoms with Crippen molar-refractivity contribution >= 4 is 39.5 Å². The summed E-state index contributed by atoms with van der Waals surface area (Å²) < 4.78 is 67.8. The number of hydrogen-bond donors (Lipinski definition) is 3. The van der Waals surface area contributed by atoms with E-state index in [2.05, 4.69) is 27.7 Å². The SMILES string of the molecule is CCCCCCCCCCCCCCCCCCCCCC(=O)O[C@H](COC(=O)CCCCCCCCCCCCCCC)COP(=O)(O)OC[C@@H](O)COP(=O)(O)OC[C@@H](COC(=O)CCCCCCC)OC(=O)CCCCCCCCCC. The monoisotopic (exact) mass is 1250 g/mol. The first-order valence-corrected chi connectivity index (χ1v) is 37.8. The third kappa shape index (κ3) is 60.7. The van der Waals surface area contributed by atoms with E-state index in [4.69, 9.17) is 37.0 Å². The fourth-order valence-electron chi connectivity index (χ4n) is 9.99. The number of phosphoric ester groups is 2. The van der Waals surface area contributed by atoms with Crippen molar-refractivity contribution in [1.82, 2.24) is 0 Å². The molecule has 0 aromatic rings. The number of rotatable bonds is 67. The Morgan fingerprint density at radius 3 is 0.694 bits per heavy atom. The molecule has 5 atom stereocenters. The molecule has 0 aliphatic carbocycles. The van der Waals surface area contributed by atoms with Crippen LogP contribution in [0.4, 0.5) is 0 Å². The molecule has 3 N–H and O–H groups in total. The van der Waals surface area contributed by atoms with Gasteiger partial charge in [-0.2, -0.15) is 0 Å². The van der Waals surface area contributed by atoms with Crippen LogP contribution in [0.1, 0.15) is 342 Å². The standard InChI is InChI=1S/C66H128O17P2/c1-5-9-13-17-20-23-25-27-28-29-30-31-32-34-36-38-41-45-49-53-66(71)83-62(57-77-64(69)51-47-43-40-37-35-33-26-24-21-18-14-10-6-2)59-81-85(74,75)79-55-60(67)54-78-84(72,73)80-58-61(56-76-63(68)50-46-42-16-12-8-4)82-65(70)52-48-44-39-22-19-15-11-7-3/h60-62,67H,5-59H2,1-4H3,(H,72,73)(H,74,75)/t60-,61+,62+/m0/s1. The van der Waals surface area contributed by atoms with Crippen molar-refractivity contribution in [1.29, 1.82) is 0 Å². The van der Waals surface area contributed by atoms with Crippen molar-refractivity contribution in [3.8, 4) is 0 Å². The number of carbonyl (C=O) groups excluding carboxylic acids is 4. The highest BCUT2D eigenvalue weighted by Crippen LogP contribution is 2.45. The lowest BCUT2D eigenvalue weighted by Crippen LogP contribution is -2.30. The lowest BCUT2D eigenvalue weighted by molar-refractivity contribution is -0.161. The first-order valence-electron chi connectivity index (χ1n) is 34.8. The van der Waals surface area contributed by atoms with Crippen LogP contribution in [0.2, 0.25) is 0 Å². The maximum Gasteiger partial charge on any atom is 0.472 e. The third-order valence-electron chi connectivity index (χ3n) is 15.4. The smallest absolute Gasteiger partial charge is 0.462 e. The molecule has 0 saturated carbocycles. The quantitative estimate of drug-likeness (QED) is 0.0222. The summed E-state index contributed by atoms with van der Waals surface area (Å²) in [4.78, 5) is 72.0. The molecule has 85 heavy (non-hydrogen) atoms. The number of aliphatic hydroxyl groups is 1. The highest BCUT2D eigenvalue weighted by atomic mass is 31.2. The average Bonchev–Trinajstić information content (AvgIpc) is 3.48. The number of phosphoric acid groups is 2. The van der Waals surface area contributed by atoms with Gasteiger partial charge in [0.05, 0.1) is 26.4 Å². The molecule has 17 nitrogen and oxygen atoms in total. The Hall–Kier alpha value is -1.94. The Morgan fingerprint density at radius 2 is 0.471 bits per heavy atom. The third-order valence-corrected chi connectivity index (χ3v) is 17.3. The van der Waals surface area contributed by atoms with Gasteiger partial charge in [0.1, 0.15) is 19.3 Å². The molecule has 0 aliphatic heterocycles. The minimum absolute atomic E-state index is 0.104. The van der Waals surface area contributed by atoms with Crippen LogP contribution >= 0.6 is 15.6 Å². The molecule has 0 saturated heterocycles. The van der Waals surface area contributed by atoms with Crippen molar-refractivity contribution in [3.63, 3.8) is 0 Å². The number of unbranched alkanes of at least 4 members (excludes halogenated alkanes) is 41. The molecule has 0 spiro atoms. The fraction of sp³-hybridized carbons (Fsp3) is 0.939. The lowest BCUT2D eigenvalue weighted by atomic mass is 10.0. The number of carbonyl (C=O) groups is 4. The molecule has 19 heteroatoms. The predicted molar refractivity (Wildman–Crippen MR) is 340 cm³/mol. The minimum Gasteiger partial charge on any atom is -0.462 e. The molecule has 0 radical (unpaired) electrons. The van der Waals surface area contributed by atoms with Gasteiger partial charge in [0.2, 0.25) is 0 Å². The summed E-state index contributed by atoms with van der Waals surface area (Å²) in [6.45, 7) is 4.80. The highest BCUT2D eigenvalue weighted by molar-refractivity contribution is 7.47. The second-order valence-corrected chi connectivity index (χ2v) is 26.8. The van der Waals surface area contributed by atoms with E-state index in [0.717, 1.165) is 103 Å². The topological polar surface area (TPSA) is 237 Å². The lowest BCUT2D eigenvalue weighted by Gasteiger charge is -2.21. The molecular formula is C66H128O17P2.